The predicted octanol–water partition coefficient (Wildman–Crippen LogP) is 2.52. The molecule has 1 heterocycles. The molecule has 1 aromatic heterocycles. The third kappa shape index (κ3) is 3.11. The van der Waals surface area contributed by atoms with E-state index in [-0.39, 0.29) is 5.28 Å². The molecule has 20 heavy (non-hydrogen) atoms. The summed E-state index contributed by atoms with van der Waals surface area (Å²) in [6.07, 6.45) is 0.738. The van der Waals surface area contributed by atoms with Crippen LogP contribution in [0.1, 0.15) is 16.1 Å². The summed E-state index contributed by atoms with van der Waals surface area (Å²) in [4.78, 5) is 21.0. The Morgan fingerprint density at radius 1 is 1.30 bits per heavy atom. The van der Waals surface area contributed by atoms with Crippen molar-refractivity contribution in [2.75, 3.05) is 0 Å². The first-order valence-electron chi connectivity index (χ1n) is 6.34. The maximum absolute atomic E-state index is 11.1. The minimum absolute atomic E-state index is 0.195. The van der Waals surface area contributed by atoms with Gasteiger partial charge in [0.15, 0.2) is 6.29 Å². The van der Waals surface area contributed by atoms with Crippen LogP contribution >= 0.6 is 11.6 Å². The molecule has 2 aromatic rings. The van der Waals surface area contributed by atoms with Crippen LogP contribution in [0.25, 0.3) is 0 Å². The molecule has 0 N–H and O–H groups in total. The summed E-state index contributed by atoms with van der Waals surface area (Å²) in [5, 5.41) is 1.01. The van der Waals surface area contributed by atoms with Crippen LogP contribution in [0.5, 0.6) is 0 Å². The molecule has 0 aliphatic rings. The SMILES string of the molecule is C[Si](C)(C)c1c(C=O)nc(Cl)n1OCc1ccccc1. The lowest BCUT2D eigenvalue weighted by Gasteiger charge is -2.19. The first-order chi connectivity index (χ1) is 9.43. The van der Waals surface area contributed by atoms with Gasteiger partial charge in [-0.15, -0.1) is 0 Å². The third-order valence-electron chi connectivity index (χ3n) is 2.85. The van der Waals surface area contributed by atoms with E-state index in [4.69, 9.17) is 16.4 Å². The van der Waals surface area contributed by atoms with Gasteiger partial charge in [0.2, 0.25) is 5.28 Å². The summed E-state index contributed by atoms with van der Waals surface area (Å²) >= 11 is 6.09. The molecule has 4 nitrogen and oxygen atoms in total. The normalized spacial score (nSPS) is 11.4. The second-order valence-corrected chi connectivity index (χ2v) is 10.8. The Bertz CT molecular complexity index is 606. The van der Waals surface area contributed by atoms with E-state index in [1.165, 1.54) is 4.73 Å². The molecule has 0 bridgehead atoms. The number of carbonyl (C=O) groups is 1. The number of rotatable bonds is 5. The van der Waals surface area contributed by atoms with Gasteiger partial charge >= 0.3 is 0 Å². The standard InChI is InChI=1S/C14H17ClN2O2Si/c1-20(2,3)13-12(9-18)16-14(15)17(13)19-10-11-7-5-4-6-8-11/h4-9H,10H2,1-3H3. The Hall–Kier alpha value is -1.59. The molecular weight excluding hydrogens is 292 g/mol. The minimum Gasteiger partial charge on any atom is -0.407 e. The lowest BCUT2D eigenvalue weighted by molar-refractivity contribution is 0.103. The van der Waals surface area contributed by atoms with Gasteiger partial charge in [0, 0.05) is 0 Å². The van der Waals surface area contributed by atoms with E-state index in [1.54, 1.807) is 0 Å². The van der Waals surface area contributed by atoms with Crippen LogP contribution in [0, 0.1) is 0 Å². The van der Waals surface area contributed by atoms with Crippen molar-refractivity contribution in [3.63, 3.8) is 0 Å². The Morgan fingerprint density at radius 3 is 2.50 bits per heavy atom. The maximum atomic E-state index is 11.1. The number of hydrogen-bond acceptors (Lipinski definition) is 3. The fourth-order valence-corrected chi connectivity index (χ4v) is 3.95. The molecule has 1 aromatic carbocycles. The van der Waals surface area contributed by atoms with Crippen molar-refractivity contribution in [3.8, 4) is 0 Å². The van der Waals surface area contributed by atoms with Gasteiger partial charge in [0.05, 0.1) is 5.32 Å². The Morgan fingerprint density at radius 2 is 1.95 bits per heavy atom. The van der Waals surface area contributed by atoms with Crippen molar-refractivity contribution in [2.45, 2.75) is 26.2 Å². The first-order valence-corrected chi connectivity index (χ1v) is 10.2. The molecule has 0 aliphatic heterocycles. The molecule has 106 valence electrons. The number of halogens is 1. The van der Waals surface area contributed by atoms with Crippen molar-refractivity contribution in [1.82, 2.24) is 9.71 Å². The van der Waals surface area contributed by atoms with Crippen LogP contribution in [0.2, 0.25) is 24.9 Å². The highest BCUT2D eigenvalue weighted by molar-refractivity contribution is 6.88. The summed E-state index contributed by atoms with van der Waals surface area (Å²) in [6.45, 7) is 6.74. The van der Waals surface area contributed by atoms with Gasteiger partial charge < -0.3 is 4.84 Å². The number of nitrogens with zero attached hydrogens (tertiary/aromatic N) is 2. The van der Waals surface area contributed by atoms with Gasteiger partial charge in [-0.25, -0.2) is 4.98 Å². The molecule has 0 atom stereocenters. The molecular formula is C14H17ClN2O2Si. The Kier molecular flexibility index (Phi) is 4.30. The summed E-state index contributed by atoms with van der Waals surface area (Å²) < 4.78 is 1.50. The highest BCUT2D eigenvalue weighted by Crippen LogP contribution is 2.12. The van der Waals surface area contributed by atoms with Crippen molar-refractivity contribution in [1.29, 1.82) is 0 Å². The van der Waals surface area contributed by atoms with Gasteiger partial charge in [0.25, 0.3) is 0 Å². The van der Waals surface area contributed by atoms with Crippen LogP contribution in [0.4, 0.5) is 0 Å². The predicted molar refractivity (Wildman–Crippen MR) is 82.3 cm³/mol. The smallest absolute Gasteiger partial charge is 0.237 e. The van der Waals surface area contributed by atoms with E-state index in [1.807, 2.05) is 30.3 Å². The molecule has 0 saturated heterocycles. The van der Waals surface area contributed by atoms with E-state index in [0.29, 0.717) is 12.3 Å². The summed E-state index contributed by atoms with van der Waals surface area (Å²) in [7, 11) is -1.80. The molecule has 0 saturated carbocycles. The third-order valence-corrected chi connectivity index (χ3v) is 4.97. The van der Waals surface area contributed by atoms with Crippen molar-refractivity contribution >= 4 is 31.3 Å². The zero-order valence-electron chi connectivity index (χ0n) is 11.8. The van der Waals surface area contributed by atoms with Gasteiger partial charge in [-0.3, -0.25) is 4.79 Å². The molecule has 0 unspecified atom stereocenters. The second kappa shape index (κ2) is 5.81. The zero-order chi connectivity index (χ0) is 14.8. The number of carbonyl (C=O) groups excluding carboxylic acids is 1. The Balaban J connectivity index is 2.32. The van der Waals surface area contributed by atoms with Crippen molar-refractivity contribution in [2.24, 2.45) is 0 Å². The number of benzene rings is 1. The monoisotopic (exact) mass is 308 g/mol. The molecule has 0 amide bonds. The summed E-state index contributed by atoms with van der Waals surface area (Å²) in [5.74, 6) is 0. The Labute approximate surface area is 124 Å². The van der Waals surface area contributed by atoms with Gasteiger partial charge in [0.1, 0.15) is 20.4 Å². The average Bonchev–Trinajstić information content (AvgIpc) is 2.74. The van der Waals surface area contributed by atoms with E-state index in [2.05, 4.69) is 24.6 Å². The number of aromatic nitrogens is 2. The van der Waals surface area contributed by atoms with Gasteiger partial charge in [-0.05, 0) is 17.2 Å². The summed E-state index contributed by atoms with van der Waals surface area (Å²) in [6, 6.07) is 9.79. The molecule has 0 radical (unpaired) electrons. The lowest BCUT2D eigenvalue weighted by atomic mass is 10.2. The van der Waals surface area contributed by atoms with Crippen molar-refractivity contribution < 1.29 is 9.63 Å². The zero-order valence-corrected chi connectivity index (χ0v) is 13.5. The molecule has 0 spiro atoms. The first kappa shape index (κ1) is 14.8. The molecule has 0 fully saturated rings. The number of aldehydes is 1. The topological polar surface area (TPSA) is 44.1 Å². The van der Waals surface area contributed by atoms with Crippen molar-refractivity contribution in [3.05, 3.63) is 46.9 Å². The molecule has 2 rings (SSSR count). The number of imidazole rings is 1. The maximum Gasteiger partial charge on any atom is 0.237 e. The van der Waals surface area contributed by atoms with E-state index in [0.717, 1.165) is 17.2 Å². The van der Waals surface area contributed by atoms with Crippen LogP contribution < -0.4 is 10.2 Å². The lowest BCUT2D eigenvalue weighted by Crippen LogP contribution is -2.46. The van der Waals surface area contributed by atoms with Crippen LogP contribution in [-0.4, -0.2) is 24.1 Å². The highest BCUT2D eigenvalue weighted by atomic mass is 35.5. The number of hydrogen-bond donors (Lipinski definition) is 0. The quantitative estimate of drug-likeness (QED) is 0.630. The minimum atomic E-state index is -1.80. The highest BCUT2D eigenvalue weighted by Gasteiger charge is 2.29. The fraction of sp³-hybridized carbons (Fsp3) is 0.286. The fourth-order valence-electron chi connectivity index (χ4n) is 2.00. The van der Waals surface area contributed by atoms with Gasteiger partial charge in [-0.1, -0.05) is 50.0 Å². The van der Waals surface area contributed by atoms with Crippen LogP contribution in [0.3, 0.4) is 0 Å². The van der Waals surface area contributed by atoms with E-state index in [9.17, 15) is 4.79 Å². The largest absolute Gasteiger partial charge is 0.407 e. The summed E-state index contributed by atoms with van der Waals surface area (Å²) in [5.41, 5.74) is 1.41. The van der Waals surface area contributed by atoms with Crippen LogP contribution in [0.15, 0.2) is 30.3 Å². The molecule has 0 aliphatic carbocycles. The average molecular weight is 309 g/mol. The molecule has 6 heteroatoms. The van der Waals surface area contributed by atoms with Gasteiger partial charge in [-0.2, -0.15) is 4.73 Å². The van der Waals surface area contributed by atoms with E-state index >= 15 is 0 Å². The van der Waals surface area contributed by atoms with Crippen LogP contribution in [-0.2, 0) is 6.61 Å². The second-order valence-electron chi connectivity index (χ2n) is 5.54. The van der Waals surface area contributed by atoms with E-state index < -0.39 is 8.07 Å².